The third kappa shape index (κ3) is 3.45. The Morgan fingerprint density at radius 2 is 2.05 bits per heavy atom. The lowest BCUT2D eigenvalue weighted by Gasteiger charge is -2.11. The highest BCUT2D eigenvalue weighted by molar-refractivity contribution is 5.36. The Balaban J connectivity index is 2.09. The van der Waals surface area contributed by atoms with E-state index in [0.717, 1.165) is 17.0 Å². The summed E-state index contributed by atoms with van der Waals surface area (Å²) in [5.74, 6) is 1.39. The first-order valence-corrected chi connectivity index (χ1v) is 6.15. The van der Waals surface area contributed by atoms with E-state index in [1.807, 2.05) is 37.3 Å². The fraction of sp³-hybridized carbons (Fsp3) is 0.267. The van der Waals surface area contributed by atoms with Crippen LogP contribution in [-0.4, -0.2) is 12.1 Å². The van der Waals surface area contributed by atoms with E-state index in [-0.39, 0.29) is 0 Å². The zero-order valence-corrected chi connectivity index (χ0v) is 11.2. The Kier molecular flexibility index (Phi) is 4.36. The van der Waals surface area contributed by atoms with Crippen molar-refractivity contribution in [2.75, 3.05) is 7.11 Å². The molecule has 0 fully saturated rings. The van der Waals surface area contributed by atoms with E-state index in [4.69, 9.17) is 15.2 Å². The first-order chi connectivity index (χ1) is 9.22. The molecular weight excluding hydrogens is 240 g/mol. The van der Waals surface area contributed by atoms with Crippen molar-refractivity contribution < 1.29 is 9.47 Å². The summed E-state index contributed by atoms with van der Waals surface area (Å²) in [5, 5.41) is 0. The number of hydrogen-bond acceptors (Lipinski definition) is 4. The summed E-state index contributed by atoms with van der Waals surface area (Å²) in [6, 6.07) is 11.6. The van der Waals surface area contributed by atoms with E-state index in [1.54, 1.807) is 13.2 Å². The van der Waals surface area contributed by atoms with Crippen LogP contribution in [0, 0.1) is 6.92 Å². The summed E-state index contributed by atoms with van der Waals surface area (Å²) < 4.78 is 10.9. The van der Waals surface area contributed by atoms with E-state index in [0.29, 0.717) is 19.0 Å². The summed E-state index contributed by atoms with van der Waals surface area (Å²) >= 11 is 0. The summed E-state index contributed by atoms with van der Waals surface area (Å²) in [5.41, 5.74) is 8.72. The van der Waals surface area contributed by atoms with Crippen molar-refractivity contribution in [3.63, 3.8) is 0 Å². The van der Waals surface area contributed by atoms with Gasteiger partial charge in [-0.3, -0.25) is 0 Å². The molecule has 0 unspecified atom stereocenters. The molecule has 0 aliphatic rings. The van der Waals surface area contributed by atoms with Crippen LogP contribution >= 0.6 is 0 Å². The summed E-state index contributed by atoms with van der Waals surface area (Å²) in [4.78, 5) is 4.30. The van der Waals surface area contributed by atoms with Crippen molar-refractivity contribution in [3.05, 3.63) is 53.2 Å². The van der Waals surface area contributed by atoms with E-state index < -0.39 is 0 Å². The van der Waals surface area contributed by atoms with Gasteiger partial charge in [0.15, 0.2) is 0 Å². The number of hydrogen-bond donors (Lipinski definition) is 1. The highest BCUT2D eigenvalue weighted by Crippen LogP contribution is 2.20. The monoisotopic (exact) mass is 258 g/mol. The summed E-state index contributed by atoms with van der Waals surface area (Å²) in [7, 11) is 1.60. The quantitative estimate of drug-likeness (QED) is 0.895. The zero-order valence-electron chi connectivity index (χ0n) is 11.2. The predicted molar refractivity (Wildman–Crippen MR) is 74.2 cm³/mol. The molecule has 2 N–H and O–H groups in total. The minimum Gasteiger partial charge on any atom is -0.487 e. The number of rotatable bonds is 5. The average Bonchev–Trinajstić information content (AvgIpc) is 2.46. The fourth-order valence-electron chi connectivity index (χ4n) is 1.81. The van der Waals surface area contributed by atoms with Gasteiger partial charge in [0.05, 0.1) is 12.8 Å². The summed E-state index contributed by atoms with van der Waals surface area (Å²) in [6.45, 7) is 2.89. The normalized spacial score (nSPS) is 10.3. The first kappa shape index (κ1) is 13.4. The molecule has 0 radical (unpaired) electrons. The van der Waals surface area contributed by atoms with Gasteiger partial charge in [0.1, 0.15) is 12.4 Å². The number of aromatic nitrogens is 1. The van der Waals surface area contributed by atoms with Gasteiger partial charge >= 0.3 is 0 Å². The minimum atomic E-state index is 0.396. The minimum absolute atomic E-state index is 0.396. The van der Waals surface area contributed by atoms with Gasteiger partial charge in [0.2, 0.25) is 5.88 Å². The SMILES string of the molecule is COc1cccc(COc2ccc(C)cc2CN)n1. The maximum Gasteiger partial charge on any atom is 0.213 e. The summed E-state index contributed by atoms with van der Waals surface area (Å²) in [6.07, 6.45) is 0. The second kappa shape index (κ2) is 6.20. The van der Waals surface area contributed by atoms with Gasteiger partial charge in [-0.2, -0.15) is 0 Å². The Morgan fingerprint density at radius 1 is 1.21 bits per heavy atom. The lowest BCUT2D eigenvalue weighted by atomic mass is 10.1. The van der Waals surface area contributed by atoms with Crippen LogP contribution in [0.25, 0.3) is 0 Å². The number of nitrogens with zero attached hydrogens (tertiary/aromatic N) is 1. The highest BCUT2D eigenvalue weighted by atomic mass is 16.5. The number of nitrogens with two attached hydrogens (primary N) is 1. The Labute approximate surface area is 113 Å². The maximum atomic E-state index is 5.77. The molecule has 4 nitrogen and oxygen atoms in total. The molecule has 4 heteroatoms. The molecule has 2 rings (SSSR count). The van der Waals surface area contributed by atoms with Crippen LogP contribution in [0.5, 0.6) is 11.6 Å². The topological polar surface area (TPSA) is 57.4 Å². The van der Waals surface area contributed by atoms with Crippen LogP contribution < -0.4 is 15.2 Å². The predicted octanol–water partition coefficient (Wildman–Crippen LogP) is 2.44. The molecule has 0 aliphatic heterocycles. The van der Waals surface area contributed by atoms with Crippen LogP contribution in [0.2, 0.25) is 0 Å². The van der Waals surface area contributed by atoms with Gasteiger partial charge in [-0.25, -0.2) is 4.98 Å². The molecule has 0 saturated heterocycles. The molecule has 0 bridgehead atoms. The fourth-order valence-corrected chi connectivity index (χ4v) is 1.81. The van der Waals surface area contributed by atoms with Crippen molar-refractivity contribution in [3.8, 4) is 11.6 Å². The largest absolute Gasteiger partial charge is 0.487 e. The molecule has 0 amide bonds. The smallest absolute Gasteiger partial charge is 0.213 e. The van der Waals surface area contributed by atoms with E-state index in [2.05, 4.69) is 4.98 Å². The highest BCUT2D eigenvalue weighted by Gasteiger charge is 2.04. The Bertz CT molecular complexity index is 556. The number of pyridine rings is 1. The van der Waals surface area contributed by atoms with Gasteiger partial charge in [0.25, 0.3) is 0 Å². The van der Waals surface area contributed by atoms with E-state index >= 15 is 0 Å². The molecule has 0 spiro atoms. The van der Waals surface area contributed by atoms with Crippen LogP contribution in [0.3, 0.4) is 0 Å². The molecule has 100 valence electrons. The molecule has 2 aromatic rings. The Hall–Kier alpha value is -2.07. The van der Waals surface area contributed by atoms with Gasteiger partial charge in [-0.1, -0.05) is 23.8 Å². The molecule has 0 aliphatic carbocycles. The van der Waals surface area contributed by atoms with Gasteiger partial charge < -0.3 is 15.2 Å². The second-order valence-corrected chi connectivity index (χ2v) is 4.28. The van der Waals surface area contributed by atoms with E-state index in [9.17, 15) is 0 Å². The van der Waals surface area contributed by atoms with Gasteiger partial charge in [-0.05, 0) is 19.1 Å². The zero-order chi connectivity index (χ0) is 13.7. The Morgan fingerprint density at radius 3 is 2.79 bits per heavy atom. The maximum absolute atomic E-state index is 5.77. The number of benzene rings is 1. The molecule has 0 saturated carbocycles. The van der Waals surface area contributed by atoms with Crippen LogP contribution in [0.4, 0.5) is 0 Å². The van der Waals surface area contributed by atoms with Gasteiger partial charge in [0, 0.05) is 18.2 Å². The van der Waals surface area contributed by atoms with Crippen LogP contribution in [-0.2, 0) is 13.2 Å². The molecule has 19 heavy (non-hydrogen) atoms. The van der Waals surface area contributed by atoms with Crippen molar-refractivity contribution in [2.45, 2.75) is 20.1 Å². The van der Waals surface area contributed by atoms with Crippen molar-refractivity contribution in [1.82, 2.24) is 4.98 Å². The van der Waals surface area contributed by atoms with Crippen molar-refractivity contribution in [1.29, 1.82) is 0 Å². The average molecular weight is 258 g/mol. The lowest BCUT2D eigenvalue weighted by molar-refractivity contribution is 0.295. The second-order valence-electron chi connectivity index (χ2n) is 4.28. The first-order valence-electron chi connectivity index (χ1n) is 6.15. The number of aryl methyl sites for hydroxylation is 1. The van der Waals surface area contributed by atoms with Gasteiger partial charge in [-0.15, -0.1) is 0 Å². The molecule has 1 aromatic heterocycles. The van der Waals surface area contributed by atoms with E-state index in [1.165, 1.54) is 5.56 Å². The van der Waals surface area contributed by atoms with Crippen LogP contribution in [0.1, 0.15) is 16.8 Å². The molecular formula is C15H18N2O2. The molecule has 1 heterocycles. The molecule has 0 atom stereocenters. The van der Waals surface area contributed by atoms with Crippen LogP contribution in [0.15, 0.2) is 36.4 Å². The third-order valence-electron chi connectivity index (χ3n) is 2.80. The number of methoxy groups -OCH3 is 1. The number of ether oxygens (including phenoxy) is 2. The third-order valence-corrected chi connectivity index (χ3v) is 2.80. The van der Waals surface area contributed by atoms with Crippen molar-refractivity contribution in [2.24, 2.45) is 5.73 Å². The van der Waals surface area contributed by atoms with Crippen molar-refractivity contribution >= 4 is 0 Å². The standard InChI is InChI=1S/C15H18N2O2/c1-11-6-7-14(12(8-11)9-16)19-10-13-4-3-5-15(17-13)18-2/h3-8H,9-10,16H2,1-2H3. The lowest BCUT2D eigenvalue weighted by Crippen LogP contribution is -2.04. The molecule has 1 aromatic carbocycles.